The molecule has 6 heteroatoms. The van der Waals surface area contributed by atoms with Gasteiger partial charge in [-0.15, -0.1) is 11.8 Å². The monoisotopic (exact) mass is 367 g/mol. The fourth-order valence-electron chi connectivity index (χ4n) is 3.09. The van der Waals surface area contributed by atoms with Crippen LogP contribution in [0.25, 0.3) is 5.65 Å². The standard InChI is InChI=1S/C20H21N3O2S/c24-20(22-15-8-11-25-12-9-15)17-5-1-2-6-18(17)26-14-16-13-23-10-4-3-7-19(23)21-16/h1-7,10,13,15H,8-9,11-12,14H2,(H,22,24). The highest BCUT2D eigenvalue weighted by atomic mass is 32.2. The lowest BCUT2D eigenvalue weighted by Gasteiger charge is -2.23. The van der Waals surface area contributed by atoms with E-state index in [1.165, 1.54) is 0 Å². The number of hydrogen-bond acceptors (Lipinski definition) is 4. The number of thioether (sulfide) groups is 1. The first-order valence-corrected chi connectivity index (χ1v) is 9.81. The normalized spacial score (nSPS) is 15.2. The molecule has 0 saturated carbocycles. The fourth-order valence-corrected chi connectivity index (χ4v) is 4.03. The van der Waals surface area contributed by atoms with Crippen LogP contribution in [0.4, 0.5) is 0 Å². The number of nitrogens with one attached hydrogen (secondary N) is 1. The van der Waals surface area contributed by atoms with Gasteiger partial charge >= 0.3 is 0 Å². The van der Waals surface area contributed by atoms with Gasteiger partial charge in [-0.25, -0.2) is 4.98 Å². The lowest BCUT2D eigenvalue weighted by molar-refractivity contribution is 0.0695. The summed E-state index contributed by atoms with van der Waals surface area (Å²) in [6, 6.07) is 13.9. The molecule has 0 spiro atoms. The molecule has 1 amide bonds. The molecule has 1 N–H and O–H groups in total. The third-order valence-corrected chi connectivity index (χ3v) is 5.58. The van der Waals surface area contributed by atoms with E-state index in [2.05, 4.69) is 10.3 Å². The van der Waals surface area contributed by atoms with Crippen LogP contribution in [0.5, 0.6) is 0 Å². The Hall–Kier alpha value is -2.31. The minimum absolute atomic E-state index is 0.00463. The van der Waals surface area contributed by atoms with Crippen molar-refractivity contribution >= 4 is 23.3 Å². The maximum Gasteiger partial charge on any atom is 0.252 e. The number of carbonyl (C=O) groups excluding carboxylic acids is 1. The van der Waals surface area contributed by atoms with Gasteiger partial charge in [-0.3, -0.25) is 4.79 Å². The SMILES string of the molecule is O=C(NC1CCOCC1)c1ccccc1SCc1cn2ccccc2n1. The molecule has 3 aromatic rings. The minimum Gasteiger partial charge on any atom is -0.381 e. The highest BCUT2D eigenvalue weighted by molar-refractivity contribution is 7.98. The van der Waals surface area contributed by atoms with Crippen LogP contribution in [-0.4, -0.2) is 34.5 Å². The Bertz CT molecular complexity index is 870. The van der Waals surface area contributed by atoms with E-state index in [1.54, 1.807) is 11.8 Å². The van der Waals surface area contributed by atoms with E-state index in [4.69, 9.17) is 4.74 Å². The molecule has 0 unspecified atom stereocenters. The molecular weight excluding hydrogens is 346 g/mol. The summed E-state index contributed by atoms with van der Waals surface area (Å²) in [5.74, 6) is 0.721. The number of amides is 1. The van der Waals surface area contributed by atoms with Crippen LogP contribution < -0.4 is 5.32 Å². The second-order valence-electron chi connectivity index (χ2n) is 6.34. The molecule has 2 aromatic heterocycles. The number of carbonyl (C=O) groups is 1. The van der Waals surface area contributed by atoms with Crippen molar-refractivity contribution in [1.29, 1.82) is 0 Å². The van der Waals surface area contributed by atoms with Crippen LogP contribution in [-0.2, 0) is 10.5 Å². The Morgan fingerprint density at radius 3 is 2.85 bits per heavy atom. The lowest BCUT2D eigenvalue weighted by atomic mass is 10.1. The Kier molecular flexibility index (Phi) is 5.22. The molecule has 1 saturated heterocycles. The van der Waals surface area contributed by atoms with Crippen LogP contribution in [0.2, 0.25) is 0 Å². The molecule has 1 aliphatic heterocycles. The molecule has 3 heterocycles. The summed E-state index contributed by atoms with van der Waals surface area (Å²) in [7, 11) is 0. The summed E-state index contributed by atoms with van der Waals surface area (Å²) in [6.45, 7) is 1.43. The predicted octanol–water partition coefficient (Wildman–Crippen LogP) is 3.54. The zero-order valence-electron chi connectivity index (χ0n) is 14.4. The zero-order valence-corrected chi connectivity index (χ0v) is 15.2. The average Bonchev–Trinajstić information content (AvgIpc) is 3.10. The molecular formula is C20H21N3O2S. The zero-order chi connectivity index (χ0) is 17.8. The number of fused-ring (bicyclic) bond motifs is 1. The summed E-state index contributed by atoms with van der Waals surface area (Å²) in [5, 5.41) is 3.14. The third-order valence-electron chi connectivity index (χ3n) is 4.48. The van der Waals surface area contributed by atoms with Crippen molar-refractivity contribution in [2.24, 2.45) is 0 Å². The van der Waals surface area contributed by atoms with Crippen LogP contribution in [0.3, 0.4) is 0 Å². The van der Waals surface area contributed by atoms with Crippen LogP contribution in [0.15, 0.2) is 59.8 Å². The number of aromatic nitrogens is 2. The van der Waals surface area contributed by atoms with Crippen LogP contribution >= 0.6 is 11.8 Å². The highest BCUT2D eigenvalue weighted by Gasteiger charge is 2.19. The Morgan fingerprint density at radius 2 is 2.00 bits per heavy atom. The summed E-state index contributed by atoms with van der Waals surface area (Å²) >= 11 is 1.64. The van der Waals surface area contributed by atoms with Crippen LogP contribution in [0.1, 0.15) is 28.9 Å². The van der Waals surface area contributed by atoms with E-state index in [-0.39, 0.29) is 11.9 Å². The lowest BCUT2D eigenvalue weighted by Crippen LogP contribution is -2.39. The van der Waals surface area contributed by atoms with Crippen molar-refractivity contribution < 1.29 is 9.53 Å². The van der Waals surface area contributed by atoms with E-state index >= 15 is 0 Å². The Morgan fingerprint density at radius 1 is 1.19 bits per heavy atom. The average molecular weight is 367 g/mol. The Labute approximate surface area is 156 Å². The number of ether oxygens (including phenoxy) is 1. The van der Waals surface area contributed by atoms with Crippen molar-refractivity contribution in [3.8, 4) is 0 Å². The first kappa shape index (κ1) is 17.1. The minimum atomic E-state index is -0.00463. The van der Waals surface area contributed by atoms with Crippen molar-refractivity contribution in [2.45, 2.75) is 29.5 Å². The van der Waals surface area contributed by atoms with Crippen molar-refractivity contribution in [3.05, 3.63) is 66.1 Å². The van der Waals surface area contributed by atoms with Crippen LogP contribution in [0, 0.1) is 0 Å². The van der Waals surface area contributed by atoms with Gasteiger partial charge < -0.3 is 14.5 Å². The molecule has 0 aliphatic carbocycles. The molecule has 1 aliphatic rings. The first-order valence-electron chi connectivity index (χ1n) is 8.82. The van der Waals surface area contributed by atoms with Gasteiger partial charge in [0.05, 0.1) is 11.3 Å². The topological polar surface area (TPSA) is 55.6 Å². The fraction of sp³-hybridized carbons (Fsp3) is 0.300. The number of imidazole rings is 1. The van der Waals surface area contributed by atoms with E-state index < -0.39 is 0 Å². The third kappa shape index (κ3) is 3.92. The smallest absolute Gasteiger partial charge is 0.252 e. The van der Waals surface area contributed by atoms with E-state index in [9.17, 15) is 4.79 Å². The largest absolute Gasteiger partial charge is 0.381 e. The summed E-state index contributed by atoms with van der Waals surface area (Å²) < 4.78 is 7.37. The van der Waals surface area contributed by atoms with Gasteiger partial charge in [0.2, 0.25) is 0 Å². The summed E-state index contributed by atoms with van der Waals surface area (Å²) in [5.41, 5.74) is 2.67. The second kappa shape index (κ2) is 7.93. The number of benzene rings is 1. The summed E-state index contributed by atoms with van der Waals surface area (Å²) in [4.78, 5) is 18.3. The Balaban J connectivity index is 1.45. The number of hydrogen-bond donors (Lipinski definition) is 1. The molecule has 0 radical (unpaired) electrons. The van der Waals surface area contributed by atoms with Gasteiger partial charge in [-0.2, -0.15) is 0 Å². The van der Waals surface area contributed by atoms with Crippen molar-refractivity contribution in [3.63, 3.8) is 0 Å². The molecule has 0 bridgehead atoms. The molecule has 4 rings (SSSR count). The van der Waals surface area contributed by atoms with Gasteiger partial charge in [0.25, 0.3) is 5.91 Å². The molecule has 134 valence electrons. The highest BCUT2D eigenvalue weighted by Crippen LogP contribution is 2.26. The molecule has 0 atom stereocenters. The van der Waals surface area contributed by atoms with E-state index in [0.717, 1.165) is 53.6 Å². The second-order valence-corrected chi connectivity index (χ2v) is 7.36. The van der Waals surface area contributed by atoms with Gasteiger partial charge in [0.15, 0.2) is 0 Å². The van der Waals surface area contributed by atoms with E-state index in [0.29, 0.717) is 0 Å². The maximum atomic E-state index is 12.7. The van der Waals surface area contributed by atoms with Gasteiger partial charge in [-0.1, -0.05) is 18.2 Å². The van der Waals surface area contributed by atoms with Gasteiger partial charge in [0, 0.05) is 42.3 Å². The maximum absolute atomic E-state index is 12.7. The van der Waals surface area contributed by atoms with E-state index in [1.807, 2.05) is 59.3 Å². The quantitative estimate of drug-likeness (QED) is 0.701. The number of pyridine rings is 1. The van der Waals surface area contributed by atoms with Gasteiger partial charge in [-0.05, 0) is 37.1 Å². The predicted molar refractivity (Wildman–Crippen MR) is 103 cm³/mol. The number of rotatable bonds is 5. The van der Waals surface area contributed by atoms with Gasteiger partial charge in [0.1, 0.15) is 5.65 Å². The van der Waals surface area contributed by atoms with Crippen molar-refractivity contribution in [2.75, 3.05) is 13.2 Å². The first-order chi connectivity index (χ1) is 12.8. The summed E-state index contributed by atoms with van der Waals surface area (Å²) in [6.07, 6.45) is 5.78. The molecule has 26 heavy (non-hydrogen) atoms. The number of nitrogens with zero attached hydrogens (tertiary/aromatic N) is 2. The molecule has 5 nitrogen and oxygen atoms in total. The molecule has 1 fully saturated rings. The van der Waals surface area contributed by atoms with Crippen molar-refractivity contribution in [1.82, 2.24) is 14.7 Å². The molecule has 1 aromatic carbocycles.